The Bertz CT molecular complexity index is 373. The normalized spacial score (nSPS) is 14.9. The molecule has 3 atom stereocenters. The van der Waals surface area contributed by atoms with Crippen LogP contribution in [0.1, 0.15) is 25.5 Å². The van der Waals surface area contributed by atoms with Gasteiger partial charge in [-0.05, 0) is 12.5 Å². The highest BCUT2D eigenvalue weighted by Crippen LogP contribution is 2.18. The van der Waals surface area contributed by atoms with Gasteiger partial charge in [0.15, 0.2) is 0 Å². The highest BCUT2D eigenvalue weighted by molar-refractivity contribution is 5.85. The number of hydrogen-bond donors (Lipinski definition) is 2. The molecular formula is C14H23ClN2O2. The van der Waals surface area contributed by atoms with Crippen LogP contribution in [0.5, 0.6) is 0 Å². The number of halogens is 1. The van der Waals surface area contributed by atoms with E-state index in [2.05, 4.69) is 5.32 Å². The summed E-state index contributed by atoms with van der Waals surface area (Å²) < 4.78 is 5.08. The molecule has 108 valence electrons. The summed E-state index contributed by atoms with van der Waals surface area (Å²) in [6.45, 7) is 4.24. The van der Waals surface area contributed by atoms with Crippen molar-refractivity contribution in [2.24, 2.45) is 11.7 Å². The SMILES string of the molecule is COC(C)CNC(=O)C(C)C(N)c1ccccc1.Cl. The Kier molecular flexibility index (Phi) is 8.39. The lowest BCUT2D eigenvalue weighted by Crippen LogP contribution is -2.39. The highest BCUT2D eigenvalue weighted by Gasteiger charge is 2.22. The van der Waals surface area contributed by atoms with Gasteiger partial charge in [0.05, 0.1) is 12.0 Å². The van der Waals surface area contributed by atoms with Crippen LogP contribution in [0, 0.1) is 5.92 Å². The first-order valence-corrected chi connectivity index (χ1v) is 6.17. The van der Waals surface area contributed by atoms with Crippen molar-refractivity contribution >= 4 is 18.3 Å². The van der Waals surface area contributed by atoms with Crippen molar-refractivity contribution in [1.82, 2.24) is 5.32 Å². The van der Waals surface area contributed by atoms with E-state index in [-0.39, 0.29) is 36.4 Å². The fourth-order valence-corrected chi connectivity index (χ4v) is 1.62. The standard InChI is InChI=1S/C14H22N2O2.ClH/c1-10(18-3)9-16-14(17)11(2)13(15)12-7-5-4-6-8-12;/h4-8,10-11,13H,9,15H2,1-3H3,(H,16,17);1H. The predicted octanol–water partition coefficient (Wildman–Crippen LogP) is 1.90. The van der Waals surface area contributed by atoms with Crippen molar-refractivity contribution in [2.75, 3.05) is 13.7 Å². The van der Waals surface area contributed by atoms with Crippen LogP contribution < -0.4 is 11.1 Å². The maximum atomic E-state index is 11.9. The van der Waals surface area contributed by atoms with Gasteiger partial charge in [0, 0.05) is 19.7 Å². The molecule has 0 saturated heterocycles. The lowest BCUT2D eigenvalue weighted by atomic mass is 9.94. The third kappa shape index (κ3) is 5.59. The molecule has 0 aliphatic heterocycles. The number of methoxy groups -OCH3 is 1. The van der Waals surface area contributed by atoms with E-state index < -0.39 is 0 Å². The van der Waals surface area contributed by atoms with Gasteiger partial charge in [0.25, 0.3) is 0 Å². The van der Waals surface area contributed by atoms with Crippen LogP contribution in [0.15, 0.2) is 30.3 Å². The molecule has 0 radical (unpaired) electrons. The van der Waals surface area contributed by atoms with E-state index in [9.17, 15) is 4.79 Å². The van der Waals surface area contributed by atoms with Crippen LogP contribution in [0.2, 0.25) is 0 Å². The molecule has 19 heavy (non-hydrogen) atoms. The summed E-state index contributed by atoms with van der Waals surface area (Å²) in [6.07, 6.45) is 0.00843. The maximum absolute atomic E-state index is 11.9. The van der Waals surface area contributed by atoms with E-state index in [1.807, 2.05) is 44.2 Å². The minimum absolute atomic E-state index is 0. The quantitative estimate of drug-likeness (QED) is 0.839. The molecular weight excluding hydrogens is 264 g/mol. The monoisotopic (exact) mass is 286 g/mol. The molecule has 0 heterocycles. The van der Waals surface area contributed by atoms with Crippen LogP contribution in [0.25, 0.3) is 0 Å². The fourth-order valence-electron chi connectivity index (χ4n) is 1.62. The topological polar surface area (TPSA) is 64.3 Å². The molecule has 0 aliphatic carbocycles. The molecule has 3 unspecified atom stereocenters. The zero-order valence-corrected chi connectivity index (χ0v) is 12.4. The number of carbonyl (C=O) groups excluding carboxylic acids is 1. The number of nitrogens with two attached hydrogens (primary N) is 1. The molecule has 5 heteroatoms. The Morgan fingerprint density at radius 3 is 2.42 bits per heavy atom. The molecule has 0 aromatic heterocycles. The van der Waals surface area contributed by atoms with Crippen molar-refractivity contribution < 1.29 is 9.53 Å². The van der Waals surface area contributed by atoms with E-state index in [0.29, 0.717) is 6.54 Å². The lowest BCUT2D eigenvalue weighted by molar-refractivity contribution is -0.125. The average Bonchev–Trinajstić information content (AvgIpc) is 2.43. The number of carbonyl (C=O) groups is 1. The molecule has 0 spiro atoms. The first-order valence-electron chi connectivity index (χ1n) is 6.17. The Hall–Kier alpha value is -1.10. The molecule has 0 bridgehead atoms. The first-order chi connectivity index (χ1) is 8.56. The zero-order valence-electron chi connectivity index (χ0n) is 11.6. The van der Waals surface area contributed by atoms with E-state index in [4.69, 9.17) is 10.5 Å². The van der Waals surface area contributed by atoms with Crippen LogP contribution in [0.3, 0.4) is 0 Å². The number of hydrogen-bond acceptors (Lipinski definition) is 3. The van der Waals surface area contributed by atoms with Crippen molar-refractivity contribution in [2.45, 2.75) is 26.0 Å². The fraction of sp³-hybridized carbons (Fsp3) is 0.500. The Morgan fingerprint density at radius 1 is 1.32 bits per heavy atom. The zero-order chi connectivity index (χ0) is 13.5. The predicted molar refractivity (Wildman–Crippen MR) is 79.3 cm³/mol. The van der Waals surface area contributed by atoms with Gasteiger partial charge in [-0.25, -0.2) is 0 Å². The molecule has 1 amide bonds. The molecule has 1 rings (SSSR count). The van der Waals surface area contributed by atoms with E-state index >= 15 is 0 Å². The number of amides is 1. The Morgan fingerprint density at radius 2 is 1.89 bits per heavy atom. The van der Waals surface area contributed by atoms with E-state index in [0.717, 1.165) is 5.56 Å². The lowest BCUT2D eigenvalue weighted by Gasteiger charge is -2.20. The highest BCUT2D eigenvalue weighted by atomic mass is 35.5. The second-order valence-electron chi connectivity index (χ2n) is 4.52. The van der Waals surface area contributed by atoms with Gasteiger partial charge in [-0.3, -0.25) is 4.79 Å². The van der Waals surface area contributed by atoms with Crippen LogP contribution >= 0.6 is 12.4 Å². The van der Waals surface area contributed by atoms with Crippen molar-refractivity contribution in [1.29, 1.82) is 0 Å². The van der Waals surface area contributed by atoms with Gasteiger partial charge in [0.1, 0.15) is 0 Å². The van der Waals surface area contributed by atoms with Gasteiger partial charge >= 0.3 is 0 Å². The second-order valence-corrected chi connectivity index (χ2v) is 4.52. The van der Waals surface area contributed by atoms with Gasteiger partial charge in [-0.2, -0.15) is 0 Å². The first kappa shape index (κ1) is 17.9. The second kappa shape index (κ2) is 8.91. The molecule has 3 N–H and O–H groups in total. The smallest absolute Gasteiger partial charge is 0.224 e. The number of nitrogens with one attached hydrogen (secondary N) is 1. The molecule has 1 aromatic rings. The largest absolute Gasteiger partial charge is 0.380 e. The third-order valence-electron chi connectivity index (χ3n) is 3.10. The van der Waals surface area contributed by atoms with Gasteiger partial charge in [-0.15, -0.1) is 12.4 Å². The summed E-state index contributed by atoms with van der Waals surface area (Å²) in [4.78, 5) is 11.9. The maximum Gasteiger partial charge on any atom is 0.224 e. The van der Waals surface area contributed by atoms with Gasteiger partial charge < -0.3 is 15.8 Å². The number of benzene rings is 1. The summed E-state index contributed by atoms with van der Waals surface area (Å²) in [7, 11) is 1.62. The number of rotatable bonds is 6. The minimum atomic E-state index is -0.288. The average molecular weight is 287 g/mol. The van der Waals surface area contributed by atoms with Crippen LogP contribution in [-0.4, -0.2) is 25.7 Å². The molecule has 0 fully saturated rings. The van der Waals surface area contributed by atoms with Crippen LogP contribution in [-0.2, 0) is 9.53 Å². The summed E-state index contributed by atoms with van der Waals surface area (Å²) in [5, 5.41) is 2.84. The number of ether oxygens (including phenoxy) is 1. The van der Waals surface area contributed by atoms with Gasteiger partial charge in [-0.1, -0.05) is 37.3 Å². The molecule has 1 aromatic carbocycles. The third-order valence-corrected chi connectivity index (χ3v) is 3.10. The van der Waals surface area contributed by atoms with Gasteiger partial charge in [0.2, 0.25) is 5.91 Å². The van der Waals surface area contributed by atoms with Crippen molar-refractivity contribution in [3.05, 3.63) is 35.9 Å². The van der Waals surface area contributed by atoms with Crippen LogP contribution in [0.4, 0.5) is 0 Å². The summed E-state index contributed by atoms with van der Waals surface area (Å²) in [5.74, 6) is -0.313. The summed E-state index contributed by atoms with van der Waals surface area (Å²) in [5.41, 5.74) is 7.06. The Labute approximate surface area is 121 Å². The van der Waals surface area contributed by atoms with Crippen molar-refractivity contribution in [3.63, 3.8) is 0 Å². The van der Waals surface area contributed by atoms with E-state index in [1.165, 1.54) is 0 Å². The molecule has 0 aliphatic rings. The summed E-state index contributed by atoms with van der Waals surface area (Å²) >= 11 is 0. The summed E-state index contributed by atoms with van der Waals surface area (Å²) in [6, 6.07) is 9.36. The minimum Gasteiger partial charge on any atom is -0.380 e. The molecule has 4 nitrogen and oxygen atoms in total. The Balaban J connectivity index is 0.00000324. The van der Waals surface area contributed by atoms with E-state index in [1.54, 1.807) is 7.11 Å². The van der Waals surface area contributed by atoms with Crippen molar-refractivity contribution in [3.8, 4) is 0 Å². The molecule has 0 saturated carbocycles.